The molecule has 1 atom stereocenters. The van der Waals surface area contributed by atoms with Crippen LogP contribution in [0.4, 0.5) is 0 Å². The second kappa shape index (κ2) is 5.54. The van der Waals surface area contributed by atoms with Crippen LogP contribution in [0.25, 0.3) is 0 Å². The van der Waals surface area contributed by atoms with Gasteiger partial charge in [0.2, 0.25) is 5.91 Å². The van der Waals surface area contributed by atoms with Crippen molar-refractivity contribution in [3.63, 3.8) is 0 Å². The summed E-state index contributed by atoms with van der Waals surface area (Å²) in [6.45, 7) is 3.45. The third-order valence-electron chi connectivity index (χ3n) is 3.64. The minimum atomic E-state index is -0.487. The first kappa shape index (κ1) is 13.1. The molecule has 0 saturated carbocycles. The Morgan fingerprint density at radius 1 is 1.56 bits per heavy atom. The molecule has 1 amide bonds. The van der Waals surface area contributed by atoms with Gasteiger partial charge in [-0.2, -0.15) is 0 Å². The topological polar surface area (TPSA) is 77.5 Å². The first-order chi connectivity index (χ1) is 8.68. The van der Waals surface area contributed by atoms with Crippen molar-refractivity contribution in [1.82, 2.24) is 5.32 Å². The molecule has 1 saturated heterocycles. The fourth-order valence-electron chi connectivity index (χ4n) is 2.24. The zero-order valence-corrected chi connectivity index (χ0v) is 10.6. The third kappa shape index (κ3) is 2.57. The number of nitrogens with two attached hydrogens (primary N) is 1. The van der Waals surface area contributed by atoms with Gasteiger partial charge in [0.25, 0.3) is 0 Å². The number of carbonyl (C=O) groups is 1. The molecule has 2 heterocycles. The van der Waals surface area contributed by atoms with Gasteiger partial charge in [0.1, 0.15) is 5.76 Å². The van der Waals surface area contributed by atoms with Gasteiger partial charge in [-0.3, -0.25) is 4.79 Å². The second-order valence-corrected chi connectivity index (χ2v) is 4.81. The molecule has 0 radical (unpaired) electrons. The minimum Gasteiger partial charge on any atom is -0.467 e. The van der Waals surface area contributed by atoms with E-state index in [-0.39, 0.29) is 11.9 Å². The molecule has 1 aromatic rings. The summed E-state index contributed by atoms with van der Waals surface area (Å²) in [4.78, 5) is 12.4. The average Bonchev–Trinajstić information content (AvgIpc) is 2.93. The lowest BCUT2D eigenvalue weighted by molar-refractivity contribution is -0.136. The average molecular weight is 252 g/mol. The standard InChI is InChI=1S/C13H20N2O3/c1-10(11-3-2-6-18-11)15-12(16)13(9-14)4-7-17-8-5-13/h2-3,6,10H,4-5,7-9,14H2,1H3,(H,15,16)/t10-/m1/s1. The van der Waals surface area contributed by atoms with Crippen LogP contribution in [-0.4, -0.2) is 25.7 Å². The van der Waals surface area contributed by atoms with Crippen molar-refractivity contribution in [3.05, 3.63) is 24.2 Å². The fourth-order valence-corrected chi connectivity index (χ4v) is 2.24. The van der Waals surface area contributed by atoms with E-state index in [1.807, 2.05) is 19.1 Å². The summed E-state index contributed by atoms with van der Waals surface area (Å²) in [6.07, 6.45) is 2.96. The van der Waals surface area contributed by atoms with Crippen LogP contribution in [0.2, 0.25) is 0 Å². The van der Waals surface area contributed by atoms with E-state index >= 15 is 0 Å². The molecule has 1 aromatic heterocycles. The molecular weight excluding hydrogens is 232 g/mol. The Balaban J connectivity index is 2.01. The molecule has 100 valence electrons. The Kier molecular flexibility index (Phi) is 4.04. The van der Waals surface area contributed by atoms with Crippen LogP contribution in [0.3, 0.4) is 0 Å². The molecule has 3 N–H and O–H groups in total. The lowest BCUT2D eigenvalue weighted by atomic mass is 9.79. The van der Waals surface area contributed by atoms with Crippen LogP contribution in [0.15, 0.2) is 22.8 Å². The summed E-state index contributed by atoms with van der Waals surface area (Å²) < 4.78 is 10.6. The quantitative estimate of drug-likeness (QED) is 0.844. The van der Waals surface area contributed by atoms with E-state index in [0.29, 0.717) is 32.6 Å². The normalized spacial score (nSPS) is 20.3. The number of furan rings is 1. The van der Waals surface area contributed by atoms with Crippen LogP contribution in [0, 0.1) is 5.41 Å². The van der Waals surface area contributed by atoms with Gasteiger partial charge in [0.15, 0.2) is 0 Å². The summed E-state index contributed by atoms with van der Waals surface area (Å²) in [5.74, 6) is 0.750. The lowest BCUT2D eigenvalue weighted by Crippen LogP contribution is -2.49. The highest BCUT2D eigenvalue weighted by atomic mass is 16.5. The maximum Gasteiger partial charge on any atom is 0.228 e. The van der Waals surface area contributed by atoms with Crippen LogP contribution < -0.4 is 11.1 Å². The van der Waals surface area contributed by atoms with Crippen molar-refractivity contribution in [1.29, 1.82) is 0 Å². The lowest BCUT2D eigenvalue weighted by Gasteiger charge is -2.35. The van der Waals surface area contributed by atoms with Gasteiger partial charge in [-0.1, -0.05) is 0 Å². The van der Waals surface area contributed by atoms with Gasteiger partial charge in [-0.25, -0.2) is 0 Å². The first-order valence-corrected chi connectivity index (χ1v) is 6.30. The molecule has 0 spiro atoms. The van der Waals surface area contributed by atoms with Gasteiger partial charge in [0.05, 0.1) is 17.7 Å². The van der Waals surface area contributed by atoms with E-state index in [9.17, 15) is 4.79 Å². The molecule has 18 heavy (non-hydrogen) atoms. The maximum absolute atomic E-state index is 12.4. The summed E-state index contributed by atoms with van der Waals surface area (Å²) in [5.41, 5.74) is 5.31. The zero-order chi connectivity index (χ0) is 13.0. The Hall–Kier alpha value is -1.33. The van der Waals surface area contributed by atoms with Crippen molar-refractivity contribution < 1.29 is 13.9 Å². The summed E-state index contributed by atoms with van der Waals surface area (Å²) in [6, 6.07) is 3.52. The number of nitrogens with one attached hydrogen (secondary N) is 1. The molecule has 5 heteroatoms. The molecule has 0 aromatic carbocycles. The fraction of sp³-hybridized carbons (Fsp3) is 0.615. The zero-order valence-electron chi connectivity index (χ0n) is 10.6. The SMILES string of the molecule is C[C@@H](NC(=O)C1(CN)CCOCC1)c1ccco1. The van der Waals surface area contributed by atoms with Crippen LogP contribution in [0.1, 0.15) is 31.6 Å². The van der Waals surface area contributed by atoms with Crippen molar-refractivity contribution in [2.24, 2.45) is 11.1 Å². The molecular formula is C13H20N2O3. The maximum atomic E-state index is 12.4. The molecule has 1 fully saturated rings. The number of ether oxygens (including phenoxy) is 1. The highest BCUT2D eigenvalue weighted by molar-refractivity contribution is 5.83. The van der Waals surface area contributed by atoms with E-state index < -0.39 is 5.41 Å². The van der Waals surface area contributed by atoms with Crippen LogP contribution in [0.5, 0.6) is 0 Å². The van der Waals surface area contributed by atoms with Crippen molar-refractivity contribution in [2.75, 3.05) is 19.8 Å². The molecule has 0 bridgehead atoms. The molecule has 2 rings (SSSR count). The van der Waals surface area contributed by atoms with Crippen LogP contribution in [-0.2, 0) is 9.53 Å². The van der Waals surface area contributed by atoms with Crippen molar-refractivity contribution >= 4 is 5.91 Å². The smallest absolute Gasteiger partial charge is 0.228 e. The van der Waals surface area contributed by atoms with Gasteiger partial charge in [0, 0.05) is 19.8 Å². The van der Waals surface area contributed by atoms with E-state index in [1.165, 1.54) is 0 Å². The van der Waals surface area contributed by atoms with E-state index in [4.69, 9.17) is 14.9 Å². The number of amides is 1. The monoisotopic (exact) mass is 252 g/mol. The van der Waals surface area contributed by atoms with E-state index in [2.05, 4.69) is 5.32 Å². The Labute approximate surface area is 107 Å². The molecule has 0 unspecified atom stereocenters. The van der Waals surface area contributed by atoms with E-state index in [0.717, 1.165) is 5.76 Å². The van der Waals surface area contributed by atoms with Gasteiger partial charge in [-0.15, -0.1) is 0 Å². The van der Waals surface area contributed by atoms with Crippen LogP contribution >= 0.6 is 0 Å². The first-order valence-electron chi connectivity index (χ1n) is 6.30. The van der Waals surface area contributed by atoms with E-state index in [1.54, 1.807) is 6.26 Å². The molecule has 1 aliphatic heterocycles. The largest absolute Gasteiger partial charge is 0.467 e. The Bertz CT molecular complexity index is 383. The second-order valence-electron chi connectivity index (χ2n) is 4.81. The number of carbonyl (C=O) groups excluding carboxylic acids is 1. The summed E-state index contributed by atoms with van der Waals surface area (Å²) in [7, 11) is 0. The van der Waals surface area contributed by atoms with Crippen molar-refractivity contribution in [2.45, 2.75) is 25.8 Å². The predicted molar refractivity (Wildman–Crippen MR) is 66.8 cm³/mol. The summed E-state index contributed by atoms with van der Waals surface area (Å²) >= 11 is 0. The third-order valence-corrected chi connectivity index (χ3v) is 3.64. The highest BCUT2D eigenvalue weighted by Crippen LogP contribution is 2.30. The number of hydrogen-bond donors (Lipinski definition) is 2. The highest BCUT2D eigenvalue weighted by Gasteiger charge is 2.39. The predicted octanol–water partition coefficient (Wildman–Crippen LogP) is 1.21. The number of hydrogen-bond acceptors (Lipinski definition) is 4. The molecule has 1 aliphatic rings. The van der Waals surface area contributed by atoms with Gasteiger partial charge >= 0.3 is 0 Å². The minimum absolute atomic E-state index is 0.00259. The molecule has 5 nitrogen and oxygen atoms in total. The van der Waals surface area contributed by atoms with Crippen molar-refractivity contribution in [3.8, 4) is 0 Å². The summed E-state index contributed by atoms with van der Waals surface area (Å²) in [5, 5.41) is 2.98. The van der Waals surface area contributed by atoms with Gasteiger partial charge < -0.3 is 20.2 Å². The molecule has 0 aliphatic carbocycles. The Morgan fingerprint density at radius 3 is 2.83 bits per heavy atom. The Morgan fingerprint density at radius 2 is 2.28 bits per heavy atom. The van der Waals surface area contributed by atoms with Gasteiger partial charge in [-0.05, 0) is 31.9 Å². The number of rotatable bonds is 4.